The Hall–Kier alpha value is -2.87. The lowest BCUT2D eigenvalue weighted by Crippen LogP contribution is -2.60. The number of benzene rings is 1. The van der Waals surface area contributed by atoms with Crippen LogP contribution in [0.4, 0.5) is 4.79 Å². The number of fused-ring (bicyclic) bond motifs is 2. The van der Waals surface area contributed by atoms with Crippen molar-refractivity contribution < 1.29 is 44.6 Å². The van der Waals surface area contributed by atoms with Crippen molar-refractivity contribution in [2.24, 2.45) is 28.9 Å². The molecule has 288 valence electrons. The van der Waals surface area contributed by atoms with Gasteiger partial charge in [-0.05, 0) is 98.6 Å². The van der Waals surface area contributed by atoms with E-state index in [1.165, 1.54) is 0 Å². The summed E-state index contributed by atoms with van der Waals surface area (Å²) >= 11 is 0. The van der Waals surface area contributed by atoms with Crippen LogP contribution in [0.25, 0.3) is 0 Å². The predicted molar refractivity (Wildman–Crippen MR) is 188 cm³/mol. The number of rotatable bonds is 17. The maximum atomic E-state index is 13.9. The molecule has 6 aliphatic rings. The number of piperidine rings is 1. The Bertz CT molecular complexity index is 1440. The third-order valence-electron chi connectivity index (χ3n) is 12.7. The van der Waals surface area contributed by atoms with E-state index in [1.54, 1.807) is 0 Å². The third-order valence-corrected chi connectivity index (χ3v) is 12.7. The molecule has 14 nitrogen and oxygen atoms in total. The highest BCUT2D eigenvalue weighted by atomic mass is 16.6. The number of hydrogen-bond donors (Lipinski definition) is 7. The highest BCUT2D eigenvalue weighted by Gasteiger charge is 2.61. The molecule has 8 N–H and O–H groups in total. The van der Waals surface area contributed by atoms with E-state index < -0.39 is 48.8 Å². The van der Waals surface area contributed by atoms with Crippen molar-refractivity contribution in [3.05, 3.63) is 35.4 Å². The van der Waals surface area contributed by atoms with E-state index in [4.69, 9.17) is 20.3 Å². The van der Waals surface area contributed by atoms with Crippen molar-refractivity contribution in [1.29, 1.82) is 5.26 Å². The van der Waals surface area contributed by atoms with E-state index in [0.29, 0.717) is 30.8 Å². The first-order chi connectivity index (χ1) is 24.9. The van der Waals surface area contributed by atoms with E-state index >= 15 is 0 Å². The minimum Gasteiger partial charge on any atom is -0.447 e. The Kier molecular flexibility index (Phi) is 12.1. The number of amides is 2. The molecule has 4 bridgehead atoms. The van der Waals surface area contributed by atoms with Gasteiger partial charge >= 0.3 is 6.09 Å². The number of carbonyl (C=O) groups excluding carboxylic acids is 2. The first-order valence-electron chi connectivity index (χ1n) is 19.0. The standard InChI is InChI=1S/C38H57N5O9/c1-2-42(20-30(45)32(47)33(48)31(46)21-44)19-24-5-3-23(4-6-24)18-41-36(50)51-9-10-52-38-15-25-7-8-37(22-38,14-26(11-25)16-38)34(40)35(49)43-28(17-39)12-27-13-29(27)43/h3-6,25-34,44-48H,2,7-16,18-22,40H2,1H3,(H,41,50)/t25-,26?,27+,28-,29-,30-,31+,32+,33+,34+,37+,38-/m0/s1. The molecule has 0 radical (unpaired) electrons. The Labute approximate surface area is 305 Å². The van der Waals surface area contributed by atoms with Crippen molar-refractivity contribution in [2.75, 3.05) is 32.9 Å². The summed E-state index contributed by atoms with van der Waals surface area (Å²) in [6, 6.07) is 9.07. The van der Waals surface area contributed by atoms with Gasteiger partial charge in [-0.3, -0.25) is 9.69 Å². The molecule has 1 aliphatic heterocycles. The molecular formula is C38H57N5O9. The quantitative estimate of drug-likeness (QED) is 0.111. The van der Waals surface area contributed by atoms with Gasteiger partial charge in [0.1, 0.15) is 31.0 Å². The van der Waals surface area contributed by atoms with Crippen molar-refractivity contribution in [3.8, 4) is 6.07 Å². The molecule has 5 aliphatic carbocycles. The SMILES string of the molecule is CCN(Cc1ccc(CNC(=O)OCCO[C@@]23CC4C[C@H](CC[C@@]([C@H](N)C(=O)N5[C@H](C#N)C[C@@H]6C[C@@H]65)(C4)C2)C3)cc1)C[C@H](O)[C@@H](O)[C@H](O)[C@H](O)CO. The molecule has 1 unspecified atom stereocenters. The number of nitriles is 1. The lowest BCUT2D eigenvalue weighted by Gasteiger charge is -2.54. The fourth-order valence-corrected chi connectivity index (χ4v) is 10.0. The number of nitrogens with two attached hydrogens (primary N) is 1. The monoisotopic (exact) mass is 727 g/mol. The van der Waals surface area contributed by atoms with Crippen molar-refractivity contribution in [3.63, 3.8) is 0 Å². The average molecular weight is 728 g/mol. The highest BCUT2D eigenvalue weighted by Crippen LogP contribution is 2.61. The molecule has 0 aromatic heterocycles. The van der Waals surface area contributed by atoms with Crippen LogP contribution in [0.2, 0.25) is 0 Å². The molecule has 12 atom stereocenters. The van der Waals surface area contributed by atoms with Gasteiger partial charge in [-0.25, -0.2) is 4.79 Å². The van der Waals surface area contributed by atoms with Crippen LogP contribution in [0.3, 0.4) is 0 Å². The fraction of sp³-hybridized carbons (Fsp3) is 0.763. The molecule has 14 heteroatoms. The van der Waals surface area contributed by atoms with Gasteiger partial charge in [0.2, 0.25) is 5.91 Å². The smallest absolute Gasteiger partial charge is 0.407 e. The van der Waals surface area contributed by atoms with Gasteiger partial charge in [0.25, 0.3) is 0 Å². The highest BCUT2D eigenvalue weighted by molar-refractivity contribution is 5.84. The topological polar surface area (TPSA) is 222 Å². The van der Waals surface area contributed by atoms with Crippen LogP contribution in [0.1, 0.15) is 75.8 Å². The number of nitrogens with one attached hydrogen (secondary N) is 1. The minimum atomic E-state index is -1.67. The van der Waals surface area contributed by atoms with Gasteiger partial charge in [0.05, 0.1) is 37.0 Å². The van der Waals surface area contributed by atoms with Gasteiger partial charge in [-0.1, -0.05) is 31.2 Å². The summed E-state index contributed by atoms with van der Waals surface area (Å²) in [7, 11) is 0. The summed E-state index contributed by atoms with van der Waals surface area (Å²) in [5.74, 6) is 1.36. The Balaban J connectivity index is 0.942. The van der Waals surface area contributed by atoms with Crippen LogP contribution < -0.4 is 11.1 Å². The molecule has 1 aromatic rings. The first-order valence-corrected chi connectivity index (χ1v) is 19.0. The Morgan fingerprint density at radius 2 is 1.75 bits per heavy atom. The van der Waals surface area contributed by atoms with Crippen LogP contribution in [-0.4, -0.2) is 128 Å². The summed E-state index contributed by atoms with van der Waals surface area (Å²) in [6.45, 7) is 2.85. The van der Waals surface area contributed by atoms with Gasteiger partial charge in [-0.2, -0.15) is 5.26 Å². The van der Waals surface area contributed by atoms with Gasteiger partial charge < -0.3 is 51.0 Å². The van der Waals surface area contributed by atoms with E-state index in [-0.39, 0.29) is 49.7 Å². The van der Waals surface area contributed by atoms with Gasteiger partial charge in [0, 0.05) is 25.7 Å². The van der Waals surface area contributed by atoms with Crippen molar-refractivity contribution in [1.82, 2.24) is 15.1 Å². The van der Waals surface area contributed by atoms with E-state index in [1.807, 2.05) is 41.0 Å². The second kappa shape index (κ2) is 16.2. The summed E-state index contributed by atoms with van der Waals surface area (Å²) in [5, 5.41) is 61.5. The first kappa shape index (κ1) is 38.8. The number of ether oxygens (including phenoxy) is 2. The molecule has 1 heterocycles. The third kappa shape index (κ3) is 8.42. The van der Waals surface area contributed by atoms with Crippen LogP contribution in [0.15, 0.2) is 24.3 Å². The number of nitrogens with zero attached hydrogens (tertiary/aromatic N) is 3. The predicted octanol–water partition coefficient (Wildman–Crippen LogP) is 0.757. The lowest BCUT2D eigenvalue weighted by atomic mass is 9.57. The number of likely N-dealkylation sites (N-methyl/N-ethyl adjacent to an activating group) is 1. The number of hydrogen-bond acceptors (Lipinski definition) is 12. The second-order valence-electron chi connectivity index (χ2n) is 16.3. The van der Waals surface area contributed by atoms with Gasteiger partial charge in [0.15, 0.2) is 0 Å². The number of aliphatic hydroxyl groups excluding tert-OH is 5. The molecule has 7 rings (SSSR count). The normalized spacial score (nSPS) is 33.1. The number of likely N-dealkylation sites (tertiary alicyclic amines) is 1. The maximum absolute atomic E-state index is 13.9. The largest absolute Gasteiger partial charge is 0.447 e. The van der Waals surface area contributed by atoms with Crippen LogP contribution in [0.5, 0.6) is 0 Å². The zero-order chi connectivity index (χ0) is 37.2. The molecule has 1 saturated heterocycles. The molecule has 2 amide bonds. The maximum Gasteiger partial charge on any atom is 0.407 e. The summed E-state index contributed by atoms with van der Waals surface area (Å²) < 4.78 is 12.1. The van der Waals surface area contributed by atoms with E-state index in [2.05, 4.69) is 11.4 Å². The van der Waals surface area contributed by atoms with Crippen molar-refractivity contribution in [2.45, 2.75) is 126 Å². The molecule has 0 spiro atoms. The molecule has 1 aromatic carbocycles. The summed E-state index contributed by atoms with van der Waals surface area (Å²) in [4.78, 5) is 30.1. The van der Waals surface area contributed by atoms with Crippen LogP contribution in [-0.2, 0) is 27.4 Å². The Morgan fingerprint density at radius 3 is 2.46 bits per heavy atom. The van der Waals surface area contributed by atoms with Gasteiger partial charge in [-0.15, -0.1) is 0 Å². The summed E-state index contributed by atoms with van der Waals surface area (Å²) in [6.07, 6.45) is 1.60. The zero-order valence-corrected chi connectivity index (χ0v) is 30.2. The molecule has 6 fully saturated rings. The summed E-state index contributed by atoms with van der Waals surface area (Å²) in [5.41, 5.74) is 7.97. The molecular weight excluding hydrogens is 670 g/mol. The fourth-order valence-electron chi connectivity index (χ4n) is 10.0. The van der Waals surface area contributed by atoms with Crippen molar-refractivity contribution >= 4 is 12.0 Å². The second-order valence-corrected chi connectivity index (χ2v) is 16.3. The Morgan fingerprint density at radius 1 is 1.04 bits per heavy atom. The van der Waals surface area contributed by atoms with E-state index in [9.17, 15) is 35.3 Å². The minimum absolute atomic E-state index is 0.0469. The number of alkyl carbamates (subject to hydrolysis) is 1. The number of carbonyl (C=O) groups is 2. The van der Waals surface area contributed by atoms with Crippen LogP contribution in [0, 0.1) is 34.5 Å². The molecule has 5 saturated carbocycles. The van der Waals surface area contributed by atoms with E-state index in [0.717, 1.165) is 68.9 Å². The molecule has 52 heavy (non-hydrogen) atoms. The zero-order valence-electron chi connectivity index (χ0n) is 30.2. The number of aliphatic hydroxyl groups is 5. The average Bonchev–Trinajstić information content (AvgIpc) is 3.86. The lowest BCUT2D eigenvalue weighted by molar-refractivity contribution is -0.159. The van der Waals surface area contributed by atoms with Crippen LogP contribution >= 0.6 is 0 Å².